The van der Waals surface area contributed by atoms with Crippen LogP contribution in [-0.2, 0) is 0 Å². The van der Waals surface area contributed by atoms with Crippen molar-refractivity contribution in [1.29, 1.82) is 0 Å². The first-order valence-electron chi connectivity index (χ1n) is 5.91. The number of hydrogen-bond acceptors (Lipinski definition) is 3. The zero-order valence-electron chi connectivity index (χ0n) is 10.2. The molecule has 100 valence electrons. The van der Waals surface area contributed by atoms with Crippen molar-refractivity contribution >= 4 is 28.8 Å². The summed E-state index contributed by atoms with van der Waals surface area (Å²) in [5.74, 6) is -0.181. The Bertz CT molecular complexity index is 542. The van der Waals surface area contributed by atoms with E-state index in [1.807, 2.05) is 16.8 Å². The van der Waals surface area contributed by atoms with E-state index in [2.05, 4.69) is 5.32 Å². The van der Waals surface area contributed by atoms with Crippen molar-refractivity contribution in [2.24, 2.45) is 0 Å². The molecule has 0 spiro atoms. The first-order valence-corrected chi connectivity index (χ1v) is 7.23. The maximum atomic E-state index is 11.8. The van der Waals surface area contributed by atoms with Crippen molar-refractivity contribution in [3.63, 3.8) is 0 Å². The number of benzene rings is 1. The van der Waals surface area contributed by atoms with Crippen molar-refractivity contribution in [3.05, 3.63) is 57.2 Å². The lowest BCUT2D eigenvalue weighted by atomic mass is 10.1. The molecule has 2 N–H and O–H groups in total. The fourth-order valence-corrected chi connectivity index (χ4v) is 2.58. The number of halogens is 1. The SMILES string of the molecule is O=C(NCC[C@H](O)c1ccsc1)c1cccc(Cl)c1. The molecule has 0 aliphatic carbocycles. The average molecular weight is 296 g/mol. The van der Waals surface area contributed by atoms with E-state index in [1.165, 1.54) is 0 Å². The van der Waals surface area contributed by atoms with E-state index in [9.17, 15) is 9.90 Å². The zero-order valence-corrected chi connectivity index (χ0v) is 11.7. The quantitative estimate of drug-likeness (QED) is 0.889. The first-order chi connectivity index (χ1) is 9.16. The number of carbonyl (C=O) groups excluding carboxylic acids is 1. The summed E-state index contributed by atoms with van der Waals surface area (Å²) in [5, 5.41) is 17.0. The summed E-state index contributed by atoms with van der Waals surface area (Å²) in [6.07, 6.45) is -0.0471. The maximum Gasteiger partial charge on any atom is 0.251 e. The second-order valence-corrected chi connectivity index (χ2v) is 5.34. The van der Waals surface area contributed by atoms with Gasteiger partial charge in [-0.25, -0.2) is 0 Å². The molecule has 0 unspecified atom stereocenters. The molecular weight excluding hydrogens is 282 g/mol. The van der Waals surface area contributed by atoms with Crippen molar-refractivity contribution in [1.82, 2.24) is 5.32 Å². The summed E-state index contributed by atoms with van der Waals surface area (Å²) < 4.78 is 0. The Morgan fingerprint density at radius 1 is 1.42 bits per heavy atom. The lowest BCUT2D eigenvalue weighted by molar-refractivity contribution is 0.0942. The molecule has 0 radical (unpaired) electrons. The number of carbonyl (C=O) groups is 1. The molecule has 19 heavy (non-hydrogen) atoms. The van der Waals surface area contributed by atoms with Gasteiger partial charge in [0.15, 0.2) is 0 Å². The van der Waals surface area contributed by atoms with E-state index < -0.39 is 6.10 Å². The predicted molar refractivity (Wildman–Crippen MR) is 77.7 cm³/mol. The van der Waals surface area contributed by atoms with Crippen LogP contribution in [0.5, 0.6) is 0 Å². The second-order valence-electron chi connectivity index (χ2n) is 4.13. The molecule has 3 nitrogen and oxygen atoms in total. The molecule has 0 saturated heterocycles. The number of aliphatic hydroxyl groups excluding tert-OH is 1. The summed E-state index contributed by atoms with van der Waals surface area (Å²) in [7, 11) is 0. The lowest BCUT2D eigenvalue weighted by Crippen LogP contribution is -2.25. The molecule has 1 atom stereocenters. The molecule has 0 aliphatic heterocycles. The van der Waals surface area contributed by atoms with E-state index in [0.29, 0.717) is 23.6 Å². The minimum atomic E-state index is -0.536. The number of hydrogen-bond donors (Lipinski definition) is 2. The Hall–Kier alpha value is -1.36. The lowest BCUT2D eigenvalue weighted by Gasteiger charge is -2.10. The van der Waals surface area contributed by atoms with Crippen LogP contribution in [0.3, 0.4) is 0 Å². The van der Waals surface area contributed by atoms with Gasteiger partial charge >= 0.3 is 0 Å². The monoisotopic (exact) mass is 295 g/mol. The van der Waals surface area contributed by atoms with Gasteiger partial charge in [0.2, 0.25) is 0 Å². The fraction of sp³-hybridized carbons (Fsp3) is 0.214. The normalized spacial score (nSPS) is 12.1. The Kier molecular flexibility index (Phi) is 4.96. The minimum Gasteiger partial charge on any atom is -0.388 e. The van der Waals surface area contributed by atoms with Gasteiger partial charge in [-0.1, -0.05) is 17.7 Å². The molecule has 5 heteroatoms. The van der Waals surface area contributed by atoms with E-state index in [4.69, 9.17) is 11.6 Å². The van der Waals surface area contributed by atoms with Gasteiger partial charge in [0.1, 0.15) is 0 Å². The van der Waals surface area contributed by atoms with E-state index >= 15 is 0 Å². The van der Waals surface area contributed by atoms with Crippen LogP contribution in [0.1, 0.15) is 28.4 Å². The van der Waals surface area contributed by atoms with Gasteiger partial charge in [0.25, 0.3) is 5.91 Å². The highest BCUT2D eigenvalue weighted by atomic mass is 35.5. The molecular formula is C14H14ClNO2S. The first kappa shape index (κ1) is 14.1. The molecule has 1 aromatic heterocycles. The van der Waals surface area contributed by atoms with Crippen LogP contribution >= 0.6 is 22.9 Å². The Morgan fingerprint density at radius 3 is 2.95 bits per heavy atom. The summed E-state index contributed by atoms with van der Waals surface area (Å²) >= 11 is 7.37. The predicted octanol–water partition coefficient (Wildman–Crippen LogP) is 3.26. The van der Waals surface area contributed by atoms with Gasteiger partial charge in [0.05, 0.1) is 6.10 Å². The maximum absolute atomic E-state index is 11.8. The minimum absolute atomic E-state index is 0.181. The Balaban J connectivity index is 1.81. The molecule has 1 heterocycles. The van der Waals surface area contributed by atoms with Crippen molar-refractivity contribution < 1.29 is 9.90 Å². The molecule has 0 fully saturated rings. The Morgan fingerprint density at radius 2 is 2.26 bits per heavy atom. The van der Waals surface area contributed by atoms with Crippen molar-refractivity contribution in [3.8, 4) is 0 Å². The topological polar surface area (TPSA) is 49.3 Å². The molecule has 2 aromatic rings. The highest BCUT2D eigenvalue weighted by Gasteiger charge is 2.09. The fourth-order valence-electron chi connectivity index (χ4n) is 1.69. The van der Waals surface area contributed by atoms with Crippen LogP contribution in [0.15, 0.2) is 41.1 Å². The third kappa shape index (κ3) is 4.06. The second kappa shape index (κ2) is 6.70. The van der Waals surface area contributed by atoms with Gasteiger partial charge in [-0.15, -0.1) is 0 Å². The van der Waals surface area contributed by atoms with Gasteiger partial charge in [-0.3, -0.25) is 4.79 Å². The van der Waals surface area contributed by atoms with Crippen molar-refractivity contribution in [2.75, 3.05) is 6.54 Å². The molecule has 1 aromatic carbocycles. The number of thiophene rings is 1. The van der Waals surface area contributed by atoms with Gasteiger partial charge in [-0.05, 0) is 47.0 Å². The van der Waals surface area contributed by atoms with E-state index in [-0.39, 0.29) is 5.91 Å². The number of rotatable bonds is 5. The van der Waals surface area contributed by atoms with E-state index in [0.717, 1.165) is 5.56 Å². The summed E-state index contributed by atoms with van der Waals surface area (Å²) in [5.41, 5.74) is 1.42. The smallest absolute Gasteiger partial charge is 0.251 e. The van der Waals surface area contributed by atoms with Crippen molar-refractivity contribution in [2.45, 2.75) is 12.5 Å². The molecule has 0 saturated carbocycles. The van der Waals surface area contributed by atoms with Gasteiger partial charge in [0, 0.05) is 17.1 Å². The van der Waals surface area contributed by atoms with Crippen LogP contribution in [0.4, 0.5) is 0 Å². The largest absolute Gasteiger partial charge is 0.388 e. The highest BCUT2D eigenvalue weighted by molar-refractivity contribution is 7.07. The third-order valence-electron chi connectivity index (χ3n) is 2.72. The highest BCUT2D eigenvalue weighted by Crippen LogP contribution is 2.18. The van der Waals surface area contributed by atoms with Crippen LogP contribution in [0, 0.1) is 0 Å². The van der Waals surface area contributed by atoms with Crippen LogP contribution in [0.2, 0.25) is 5.02 Å². The van der Waals surface area contributed by atoms with Crippen LogP contribution < -0.4 is 5.32 Å². The molecule has 2 rings (SSSR count). The average Bonchev–Trinajstić information content (AvgIpc) is 2.92. The zero-order chi connectivity index (χ0) is 13.7. The molecule has 1 amide bonds. The number of nitrogens with one attached hydrogen (secondary N) is 1. The summed E-state index contributed by atoms with van der Waals surface area (Å²) in [6.45, 7) is 0.419. The van der Waals surface area contributed by atoms with Gasteiger partial charge in [-0.2, -0.15) is 11.3 Å². The number of amides is 1. The Labute approximate surface area is 120 Å². The standard InChI is InChI=1S/C14H14ClNO2S/c15-12-3-1-2-10(8-12)14(18)16-6-4-13(17)11-5-7-19-9-11/h1-3,5,7-9,13,17H,4,6H2,(H,16,18)/t13-/m0/s1. The van der Waals surface area contributed by atoms with E-state index in [1.54, 1.807) is 35.6 Å². The van der Waals surface area contributed by atoms with Crippen LogP contribution in [-0.4, -0.2) is 17.6 Å². The summed E-state index contributed by atoms with van der Waals surface area (Å²) in [6, 6.07) is 8.66. The van der Waals surface area contributed by atoms with Crippen LogP contribution in [0.25, 0.3) is 0 Å². The van der Waals surface area contributed by atoms with Gasteiger partial charge < -0.3 is 10.4 Å². The third-order valence-corrected chi connectivity index (χ3v) is 3.65. The number of aliphatic hydroxyl groups is 1. The molecule has 0 bridgehead atoms. The summed E-state index contributed by atoms with van der Waals surface area (Å²) in [4.78, 5) is 11.8. The molecule has 0 aliphatic rings.